The zero-order chi connectivity index (χ0) is 11.1. The van der Waals surface area contributed by atoms with E-state index in [2.05, 4.69) is 15.5 Å². The van der Waals surface area contributed by atoms with Crippen LogP contribution in [0.4, 0.5) is 4.79 Å². The molecular weight excluding hydrogens is 198 g/mol. The summed E-state index contributed by atoms with van der Waals surface area (Å²) < 4.78 is 5.20. The van der Waals surface area contributed by atoms with E-state index in [1.54, 1.807) is 0 Å². The van der Waals surface area contributed by atoms with Gasteiger partial charge in [0.1, 0.15) is 0 Å². The van der Waals surface area contributed by atoms with Gasteiger partial charge in [-0.05, 0) is 0 Å². The molecule has 2 amide bonds. The molecule has 5 N–H and O–H groups in total. The summed E-state index contributed by atoms with van der Waals surface area (Å²) in [6.07, 6.45) is 0. The van der Waals surface area contributed by atoms with Crippen molar-refractivity contribution < 1.29 is 9.53 Å². The number of nitrogens with zero attached hydrogens (tertiary/aromatic N) is 1. The van der Waals surface area contributed by atoms with Crippen molar-refractivity contribution in [1.82, 2.24) is 15.5 Å². The third-order valence-electron chi connectivity index (χ3n) is 2.08. The number of nitrogens with one attached hydrogen (secondary N) is 3. The Hall–Kier alpha value is -1.34. The number of hydrogen-bond acceptors (Lipinski definition) is 4. The molecule has 0 atom stereocenters. The van der Waals surface area contributed by atoms with E-state index in [4.69, 9.17) is 15.9 Å². The Kier molecular flexibility index (Phi) is 4.85. The predicted octanol–water partition coefficient (Wildman–Crippen LogP) is -1.49. The van der Waals surface area contributed by atoms with E-state index in [9.17, 15) is 4.79 Å². The van der Waals surface area contributed by atoms with Gasteiger partial charge in [-0.3, -0.25) is 15.6 Å². The van der Waals surface area contributed by atoms with Gasteiger partial charge in [-0.1, -0.05) is 0 Å². The quantitative estimate of drug-likeness (QED) is 0.340. The fourth-order valence-electron chi connectivity index (χ4n) is 1.33. The van der Waals surface area contributed by atoms with Crippen molar-refractivity contribution in [3.63, 3.8) is 0 Å². The Morgan fingerprint density at radius 1 is 1.47 bits per heavy atom. The first-order chi connectivity index (χ1) is 7.18. The van der Waals surface area contributed by atoms with Gasteiger partial charge >= 0.3 is 6.03 Å². The molecule has 0 aromatic heterocycles. The minimum Gasteiger partial charge on any atom is -0.379 e. The molecule has 1 aliphatic rings. The Bertz CT molecular complexity index is 227. The number of hydrogen-bond donors (Lipinski definition) is 4. The molecule has 0 aromatic carbocycles. The first-order valence-corrected chi connectivity index (χ1v) is 4.87. The number of rotatable bonds is 3. The van der Waals surface area contributed by atoms with E-state index in [1.807, 2.05) is 0 Å². The van der Waals surface area contributed by atoms with Gasteiger partial charge in [0, 0.05) is 26.2 Å². The molecule has 7 heteroatoms. The summed E-state index contributed by atoms with van der Waals surface area (Å²) in [4.78, 5) is 12.6. The fourth-order valence-corrected chi connectivity index (χ4v) is 1.33. The number of ether oxygens (including phenoxy) is 1. The largest absolute Gasteiger partial charge is 0.379 e. The van der Waals surface area contributed by atoms with Crippen LogP contribution in [0.2, 0.25) is 0 Å². The van der Waals surface area contributed by atoms with E-state index in [-0.39, 0.29) is 5.96 Å². The van der Waals surface area contributed by atoms with Crippen molar-refractivity contribution in [2.45, 2.75) is 0 Å². The maximum Gasteiger partial charge on any atom is 0.318 e. The minimum atomic E-state index is -0.723. The van der Waals surface area contributed by atoms with Crippen LogP contribution in [-0.4, -0.2) is 56.3 Å². The molecule has 0 aromatic rings. The van der Waals surface area contributed by atoms with Crippen molar-refractivity contribution in [2.75, 3.05) is 39.4 Å². The SMILES string of the molecule is N=C(NCCN1CCOCC1)NC(N)=O. The first kappa shape index (κ1) is 11.7. The summed E-state index contributed by atoms with van der Waals surface area (Å²) in [6.45, 7) is 4.79. The van der Waals surface area contributed by atoms with Gasteiger partial charge < -0.3 is 15.8 Å². The van der Waals surface area contributed by atoms with Gasteiger partial charge in [-0.2, -0.15) is 0 Å². The third-order valence-corrected chi connectivity index (χ3v) is 2.08. The van der Waals surface area contributed by atoms with E-state index in [0.717, 1.165) is 32.8 Å². The maximum absolute atomic E-state index is 10.4. The molecule has 0 bridgehead atoms. The van der Waals surface area contributed by atoms with Crippen LogP contribution in [0.25, 0.3) is 0 Å². The minimum absolute atomic E-state index is 0.0595. The lowest BCUT2D eigenvalue weighted by atomic mass is 10.4. The summed E-state index contributed by atoms with van der Waals surface area (Å²) in [6, 6.07) is -0.723. The van der Waals surface area contributed by atoms with Crippen molar-refractivity contribution in [3.8, 4) is 0 Å². The molecule has 86 valence electrons. The second kappa shape index (κ2) is 6.20. The van der Waals surface area contributed by atoms with Gasteiger partial charge in [0.2, 0.25) is 0 Å². The molecule has 15 heavy (non-hydrogen) atoms. The van der Waals surface area contributed by atoms with E-state index < -0.39 is 6.03 Å². The molecule has 1 fully saturated rings. The number of guanidine groups is 1. The van der Waals surface area contributed by atoms with Crippen molar-refractivity contribution in [1.29, 1.82) is 5.41 Å². The maximum atomic E-state index is 10.4. The van der Waals surface area contributed by atoms with Crippen LogP contribution < -0.4 is 16.4 Å². The van der Waals surface area contributed by atoms with Crippen LogP contribution in [0.1, 0.15) is 0 Å². The number of primary amides is 1. The molecule has 7 nitrogen and oxygen atoms in total. The Morgan fingerprint density at radius 3 is 2.73 bits per heavy atom. The van der Waals surface area contributed by atoms with Crippen LogP contribution in [-0.2, 0) is 4.74 Å². The highest BCUT2D eigenvalue weighted by Crippen LogP contribution is 1.94. The van der Waals surface area contributed by atoms with Crippen LogP contribution in [0.15, 0.2) is 0 Å². The topological polar surface area (TPSA) is 103 Å². The first-order valence-electron chi connectivity index (χ1n) is 4.87. The number of carbonyl (C=O) groups is 1. The Morgan fingerprint density at radius 2 is 2.13 bits per heavy atom. The van der Waals surface area contributed by atoms with Crippen molar-refractivity contribution in [2.24, 2.45) is 5.73 Å². The highest BCUT2D eigenvalue weighted by molar-refractivity contribution is 5.93. The monoisotopic (exact) mass is 215 g/mol. The second-order valence-electron chi connectivity index (χ2n) is 3.25. The number of nitrogens with two attached hydrogens (primary N) is 1. The molecule has 1 heterocycles. The molecule has 1 saturated heterocycles. The second-order valence-corrected chi connectivity index (χ2v) is 3.25. The molecule has 0 radical (unpaired) electrons. The number of urea groups is 1. The molecule has 0 spiro atoms. The third kappa shape index (κ3) is 5.18. The molecule has 1 rings (SSSR count). The number of morpholine rings is 1. The zero-order valence-corrected chi connectivity index (χ0v) is 8.58. The van der Waals surface area contributed by atoms with E-state index in [1.165, 1.54) is 0 Å². The fraction of sp³-hybridized carbons (Fsp3) is 0.750. The lowest BCUT2D eigenvalue weighted by Gasteiger charge is -2.26. The van der Waals surface area contributed by atoms with Crippen molar-refractivity contribution in [3.05, 3.63) is 0 Å². The van der Waals surface area contributed by atoms with E-state index >= 15 is 0 Å². The van der Waals surface area contributed by atoms with Crippen LogP contribution in [0.3, 0.4) is 0 Å². The number of amides is 2. The lowest BCUT2D eigenvalue weighted by Crippen LogP contribution is -2.46. The normalized spacial score (nSPS) is 17.1. The lowest BCUT2D eigenvalue weighted by molar-refractivity contribution is 0.0389. The van der Waals surface area contributed by atoms with Crippen LogP contribution in [0.5, 0.6) is 0 Å². The highest BCUT2D eigenvalue weighted by Gasteiger charge is 2.09. The molecule has 0 aliphatic carbocycles. The summed E-state index contributed by atoms with van der Waals surface area (Å²) in [5.74, 6) is -0.0595. The Balaban J connectivity index is 2.04. The summed E-state index contributed by atoms with van der Waals surface area (Å²) in [5, 5.41) is 12.2. The predicted molar refractivity (Wildman–Crippen MR) is 55.7 cm³/mol. The highest BCUT2D eigenvalue weighted by atomic mass is 16.5. The van der Waals surface area contributed by atoms with Gasteiger partial charge in [0.05, 0.1) is 13.2 Å². The summed E-state index contributed by atoms with van der Waals surface area (Å²) >= 11 is 0. The van der Waals surface area contributed by atoms with Crippen LogP contribution in [0, 0.1) is 5.41 Å². The average molecular weight is 215 g/mol. The average Bonchev–Trinajstić information content (AvgIpc) is 2.18. The Labute approximate surface area is 88.4 Å². The number of carbonyl (C=O) groups excluding carboxylic acids is 1. The van der Waals surface area contributed by atoms with Gasteiger partial charge in [-0.15, -0.1) is 0 Å². The summed E-state index contributed by atoms with van der Waals surface area (Å²) in [5.41, 5.74) is 4.85. The molecule has 1 aliphatic heterocycles. The smallest absolute Gasteiger partial charge is 0.318 e. The zero-order valence-electron chi connectivity index (χ0n) is 8.58. The molecule has 0 unspecified atom stereocenters. The van der Waals surface area contributed by atoms with Crippen LogP contribution >= 0.6 is 0 Å². The molecular formula is C8H17N5O2. The molecule has 0 saturated carbocycles. The van der Waals surface area contributed by atoms with Crippen molar-refractivity contribution >= 4 is 12.0 Å². The van der Waals surface area contributed by atoms with Gasteiger partial charge in [0.25, 0.3) is 0 Å². The van der Waals surface area contributed by atoms with Gasteiger partial charge in [0.15, 0.2) is 5.96 Å². The van der Waals surface area contributed by atoms with Gasteiger partial charge in [-0.25, -0.2) is 4.79 Å². The standard InChI is InChI=1S/C8H17N5O2/c9-7(12-8(10)14)11-1-2-13-3-5-15-6-4-13/h1-6H2,(H5,9,10,11,12,14). The van der Waals surface area contributed by atoms with E-state index in [0.29, 0.717) is 6.54 Å². The summed E-state index contributed by atoms with van der Waals surface area (Å²) in [7, 11) is 0.